The Morgan fingerprint density at radius 3 is 2.21 bits per heavy atom. The van der Waals surface area contributed by atoms with Crippen LogP contribution in [0, 0.1) is 0 Å². The van der Waals surface area contributed by atoms with Gasteiger partial charge in [-0.2, -0.15) is 0 Å². The van der Waals surface area contributed by atoms with Gasteiger partial charge in [0.15, 0.2) is 9.84 Å². The van der Waals surface area contributed by atoms with E-state index in [1.54, 1.807) is 0 Å². The van der Waals surface area contributed by atoms with Crippen molar-refractivity contribution in [1.82, 2.24) is 5.32 Å². The maximum Gasteiger partial charge on any atom is 0.152 e. The van der Waals surface area contributed by atoms with Crippen molar-refractivity contribution in [3.63, 3.8) is 0 Å². The van der Waals surface area contributed by atoms with Crippen LogP contribution in [0.5, 0.6) is 0 Å². The zero-order valence-electron chi connectivity index (χ0n) is 12.1. The largest absolute Gasteiger partial charge is 0.309 e. The molecule has 1 unspecified atom stereocenters. The Balaban J connectivity index is 2.87. The van der Waals surface area contributed by atoms with Crippen LogP contribution in [-0.4, -0.2) is 26.5 Å². The Morgan fingerprint density at radius 2 is 1.74 bits per heavy atom. The van der Waals surface area contributed by atoms with E-state index < -0.39 is 9.84 Å². The maximum atomic E-state index is 12.0. The first-order valence-electron chi connectivity index (χ1n) is 7.05. The molecule has 1 aromatic rings. The topological polar surface area (TPSA) is 46.2 Å². The average Bonchev–Trinajstić information content (AvgIpc) is 2.38. The van der Waals surface area contributed by atoms with Gasteiger partial charge in [-0.15, -0.1) is 0 Å². The molecular formula is C15H25NO2S. The predicted molar refractivity (Wildman–Crippen MR) is 81.2 cm³/mol. The molecule has 0 radical (unpaired) electrons. The van der Waals surface area contributed by atoms with Gasteiger partial charge in [-0.05, 0) is 30.5 Å². The molecule has 0 saturated carbocycles. The van der Waals surface area contributed by atoms with E-state index >= 15 is 0 Å². The molecule has 0 fully saturated rings. The number of sulfone groups is 1. The number of benzene rings is 1. The molecular weight excluding hydrogens is 258 g/mol. The summed E-state index contributed by atoms with van der Waals surface area (Å²) in [7, 11) is -2.98. The molecule has 0 spiro atoms. The number of rotatable bonds is 8. The lowest BCUT2D eigenvalue weighted by Crippen LogP contribution is -2.29. The van der Waals surface area contributed by atoms with E-state index in [0.717, 1.165) is 18.5 Å². The highest BCUT2D eigenvalue weighted by atomic mass is 32.2. The second-order valence-electron chi connectivity index (χ2n) is 4.82. The van der Waals surface area contributed by atoms with Crippen LogP contribution in [0.2, 0.25) is 0 Å². The highest BCUT2D eigenvalue weighted by Crippen LogP contribution is 2.17. The van der Waals surface area contributed by atoms with Crippen molar-refractivity contribution in [3.8, 4) is 0 Å². The minimum Gasteiger partial charge on any atom is -0.309 e. The van der Waals surface area contributed by atoms with Gasteiger partial charge in [0, 0.05) is 11.8 Å². The molecule has 108 valence electrons. The Morgan fingerprint density at radius 1 is 1.11 bits per heavy atom. The second kappa shape index (κ2) is 7.65. The molecule has 1 N–H and O–H groups in total. The third-order valence-electron chi connectivity index (χ3n) is 3.18. The van der Waals surface area contributed by atoms with E-state index in [-0.39, 0.29) is 17.5 Å². The van der Waals surface area contributed by atoms with Gasteiger partial charge in [-0.25, -0.2) is 8.42 Å². The third kappa shape index (κ3) is 5.33. The summed E-state index contributed by atoms with van der Waals surface area (Å²) in [6.07, 6.45) is 1.68. The highest BCUT2D eigenvalue weighted by Gasteiger charge is 2.19. The average molecular weight is 283 g/mol. The van der Waals surface area contributed by atoms with Crippen LogP contribution in [0.4, 0.5) is 0 Å². The van der Waals surface area contributed by atoms with Crippen LogP contribution >= 0.6 is 0 Å². The van der Waals surface area contributed by atoms with Gasteiger partial charge >= 0.3 is 0 Å². The normalized spacial score (nSPS) is 13.4. The Hall–Kier alpha value is -0.870. The van der Waals surface area contributed by atoms with E-state index in [4.69, 9.17) is 0 Å². The summed E-state index contributed by atoms with van der Waals surface area (Å²) in [6.45, 7) is 6.78. The first-order valence-corrected chi connectivity index (χ1v) is 8.87. The minimum atomic E-state index is -2.98. The fourth-order valence-corrected chi connectivity index (χ4v) is 3.76. The smallest absolute Gasteiger partial charge is 0.152 e. The van der Waals surface area contributed by atoms with Crippen LogP contribution in [0.3, 0.4) is 0 Å². The molecule has 0 saturated heterocycles. The lowest BCUT2D eigenvalue weighted by Gasteiger charge is -2.18. The van der Waals surface area contributed by atoms with Gasteiger partial charge in [-0.1, -0.05) is 45.0 Å². The molecule has 0 heterocycles. The molecule has 19 heavy (non-hydrogen) atoms. The molecule has 0 bridgehead atoms. The first-order chi connectivity index (χ1) is 9.02. The minimum absolute atomic E-state index is 0.104. The molecule has 4 heteroatoms. The van der Waals surface area contributed by atoms with Crippen LogP contribution in [-0.2, 0) is 16.3 Å². The van der Waals surface area contributed by atoms with Crippen molar-refractivity contribution in [3.05, 3.63) is 35.4 Å². The van der Waals surface area contributed by atoms with Gasteiger partial charge in [-0.3, -0.25) is 0 Å². The zero-order valence-corrected chi connectivity index (χ0v) is 13.0. The zero-order chi connectivity index (χ0) is 14.3. The van der Waals surface area contributed by atoms with Crippen LogP contribution in [0.15, 0.2) is 24.3 Å². The first kappa shape index (κ1) is 16.2. The van der Waals surface area contributed by atoms with Crippen molar-refractivity contribution in [2.24, 2.45) is 0 Å². The standard InChI is InChI=1S/C15H25NO2S/c1-4-11-19(17,18)12-15(16-6-3)14-9-7-13(5-2)8-10-14/h7-10,15-16H,4-6,11-12H2,1-3H3. The van der Waals surface area contributed by atoms with Crippen molar-refractivity contribution in [2.75, 3.05) is 18.1 Å². The molecule has 3 nitrogen and oxygen atoms in total. The van der Waals surface area contributed by atoms with Crippen LogP contribution in [0.25, 0.3) is 0 Å². The summed E-state index contributed by atoms with van der Waals surface area (Å²) in [5.74, 6) is 0.447. The van der Waals surface area contributed by atoms with E-state index in [0.29, 0.717) is 6.42 Å². The highest BCUT2D eigenvalue weighted by molar-refractivity contribution is 7.91. The summed E-state index contributed by atoms with van der Waals surface area (Å²) in [6, 6.07) is 8.12. The number of nitrogens with one attached hydrogen (secondary N) is 1. The summed E-state index contributed by atoms with van der Waals surface area (Å²) in [5, 5.41) is 3.27. The number of hydrogen-bond donors (Lipinski definition) is 1. The predicted octanol–water partition coefficient (Wildman–Crippen LogP) is 2.72. The van der Waals surface area contributed by atoms with Crippen LogP contribution < -0.4 is 5.32 Å². The number of hydrogen-bond acceptors (Lipinski definition) is 3. The quantitative estimate of drug-likeness (QED) is 0.798. The van der Waals surface area contributed by atoms with Crippen molar-refractivity contribution < 1.29 is 8.42 Å². The van der Waals surface area contributed by atoms with E-state index in [9.17, 15) is 8.42 Å². The monoisotopic (exact) mass is 283 g/mol. The van der Waals surface area contributed by atoms with Gasteiger partial charge in [0.2, 0.25) is 0 Å². The van der Waals surface area contributed by atoms with Gasteiger partial charge < -0.3 is 5.32 Å². The Bertz CT molecular complexity index is 465. The SMILES string of the molecule is CCCS(=O)(=O)CC(NCC)c1ccc(CC)cc1. The molecule has 0 aliphatic heterocycles. The third-order valence-corrected chi connectivity index (χ3v) is 5.05. The number of aryl methyl sites for hydroxylation is 1. The van der Waals surface area contributed by atoms with Gasteiger partial charge in [0.25, 0.3) is 0 Å². The molecule has 1 aromatic carbocycles. The Kier molecular flexibility index (Phi) is 6.52. The summed E-state index contributed by atoms with van der Waals surface area (Å²) in [5.41, 5.74) is 2.33. The summed E-state index contributed by atoms with van der Waals surface area (Å²) >= 11 is 0. The van der Waals surface area contributed by atoms with Crippen LogP contribution in [0.1, 0.15) is 44.4 Å². The molecule has 0 aliphatic rings. The van der Waals surface area contributed by atoms with E-state index in [1.165, 1.54) is 5.56 Å². The lowest BCUT2D eigenvalue weighted by atomic mass is 10.1. The van der Waals surface area contributed by atoms with Crippen molar-refractivity contribution >= 4 is 9.84 Å². The Labute approximate surface area is 117 Å². The van der Waals surface area contributed by atoms with E-state index in [2.05, 4.69) is 24.4 Å². The van der Waals surface area contributed by atoms with Crippen molar-refractivity contribution in [1.29, 1.82) is 0 Å². The molecule has 1 rings (SSSR count). The molecule has 0 aliphatic carbocycles. The maximum absolute atomic E-state index is 12.0. The van der Waals surface area contributed by atoms with Crippen molar-refractivity contribution in [2.45, 2.75) is 39.7 Å². The second-order valence-corrected chi connectivity index (χ2v) is 7.05. The lowest BCUT2D eigenvalue weighted by molar-refractivity contribution is 0.558. The summed E-state index contributed by atoms with van der Waals surface area (Å²) < 4.78 is 23.9. The van der Waals surface area contributed by atoms with E-state index in [1.807, 2.05) is 26.0 Å². The molecule has 0 amide bonds. The summed E-state index contributed by atoms with van der Waals surface area (Å²) in [4.78, 5) is 0. The fraction of sp³-hybridized carbons (Fsp3) is 0.600. The van der Waals surface area contributed by atoms with Gasteiger partial charge in [0.1, 0.15) is 0 Å². The van der Waals surface area contributed by atoms with Gasteiger partial charge in [0.05, 0.1) is 5.75 Å². The molecule has 0 aromatic heterocycles. The molecule has 1 atom stereocenters. The fourth-order valence-electron chi connectivity index (χ4n) is 2.15.